The minimum atomic E-state index is -0.442. The first-order chi connectivity index (χ1) is 9.06. The van der Waals surface area contributed by atoms with E-state index < -0.39 is 5.54 Å². The topological polar surface area (TPSA) is 46.3 Å². The molecule has 0 saturated carbocycles. The van der Waals surface area contributed by atoms with Crippen LogP contribution < -0.4 is 5.73 Å². The summed E-state index contributed by atoms with van der Waals surface area (Å²) in [4.78, 5) is 14.2. The average Bonchev–Trinajstić information content (AvgIpc) is 2.67. The van der Waals surface area contributed by atoms with Crippen LogP contribution in [0.5, 0.6) is 0 Å². The van der Waals surface area contributed by atoms with Crippen molar-refractivity contribution in [3.63, 3.8) is 0 Å². The highest BCUT2D eigenvalue weighted by atomic mass is 16.2. The zero-order chi connectivity index (χ0) is 15.1. The molecule has 3 nitrogen and oxygen atoms in total. The molecule has 0 spiro atoms. The quantitative estimate of drug-likeness (QED) is 0.901. The molecule has 0 saturated heterocycles. The smallest absolute Gasteiger partial charge is 0.224 e. The maximum atomic E-state index is 12.3. The van der Waals surface area contributed by atoms with Crippen LogP contribution in [0.4, 0.5) is 0 Å². The van der Waals surface area contributed by atoms with Gasteiger partial charge in [-0.05, 0) is 36.0 Å². The van der Waals surface area contributed by atoms with Crippen LogP contribution in [0.3, 0.4) is 0 Å². The number of benzene rings is 1. The van der Waals surface area contributed by atoms with E-state index in [0.717, 1.165) is 0 Å². The fourth-order valence-electron chi connectivity index (χ4n) is 2.54. The lowest BCUT2D eigenvalue weighted by Gasteiger charge is -2.22. The van der Waals surface area contributed by atoms with Gasteiger partial charge in [0.1, 0.15) is 0 Å². The van der Waals surface area contributed by atoms with E-state index in [1.54, 1.807) is 0 Å². The molecule has 1 heterocycles. The van der Waals surface area contributed by atoms with Crippen molar-refractivity contribution < 1.29 is 4.79 Å². The van der Waals surface area contributed by atoms with Crippen molar-refractivity contribution in [1.82, 2.24) is 4.90 Å². The molecule has 0 atom stereocenters. The maximum Gasteiger partial charge on any atom is 0.224 e. The molecular weight excluding hydrogens is 248 g/mol. The summed E-state index contributed by atoms with van der Waals surface area (Å²) < 4.78 is 0. The Bertz CT molecular complexity index is 521. The van der Waals surface area contributed by atoms with Gasteiger partial charge in [-0.1, -0.05) is 39.0 Å². The molecule has 0 aliphatic carbocycles. The number of hydrogen-bond donors (Lipinski definition) is 1. The lowest BCUT2D eigenvalue weighted by Crippen LogP contribution is -2.39. The van der Waals surface area contributed by atoms with E-state index in [9.17, 15) is 4.79 Å². The van der Waals surface area contributed by atoms with Gasteiger partial charge >= 0.3 is 0 Å². The summed E-state index contributed by atoms with van der Waals surface area (Å²) in [5.41, 5.74) is 9.51. The van der Waals surface area contributed by atoms with Crippen molar-refractivity contribution in [3.05, 3.63) is 34.9 Å². The Morgan fingerprint density at radius 3 is 2.30 bits per heavy atom. The fourth-order valence-corrected chi connectivity index (χ4v) is 2.54. The SMILES string of the molecule is CC(C)(N)CC(=O)N1Cc2ccc(C(C)(C)C)cc2C1. The van der Waals surface area contributed by atoms with Gasteiger partial charge in [-0.15, -0.1) is 0 Å². The van der Waals surface area contributed by atoms with E-state index in [4.69, 9.17) is 5.73 Å². The molecule has 0 fully saturated rings. The summed E-state index contributed by atoms with van der Waals surface area (Å²) in [7, 11) is 0. The predicted octanol–water partition coefficient (Wildman–Crippen LogP) is 2.95. The normalized spacial score (nSPS) is 15.4. The van der Waals surface area contributed by atoms with E-state index >= 15 is 0 Å². The Morgan fingerprint density at radius 2 is 1.75 bits per heavy atom. The predicted molar refractivity (Wildman–Crippen MR) is 82.3 cm³/mol. The van der Waals surface area contributed by atoms with Crippen LogP contribution in [0, 0.1) is 0 Å². The highest BCUT2D eigenvalue weighted by molar-refractivity contribution is 5.78. The third kappa shape index (κ3) is 3.40. The maximum absolute atomic E-state index is 12.3. The van der Waals surface area contributed by atoms with Crippen molar-refractivity contribution in [2.75, 3.05) is 0 Å². The lowest BCUT2D eigenvalue weighted by atomic mass is 9.85. The number of fused-ring (bicyclic) bond motifs is 1. The molecule has 0 radical (unpaired) electrons. The third-order valence-electron chi connectivity index (χ3n) is 3.75. The van der Waals surface area contributed by atoms with Gasteiger partial charge < -0.3 is 10.6 Å². The summed E-state index contributed by atoms with van der Waals surface area (Å²) in [6.45, 7) is 11.9. The Kier molecular flexibility index (Phi) is 3.67. The first kappa shape index (κ1) is 15.0. The van der Waals surface area contributed by atoms with E-state index in [1.807, 2.05) is 18.7 Å². The second kappa shape index (κ2) is 4.88. The van der Waals surface area contributed by atoms with Crippen molar-refractivity contribution in [2.24, 2.45) is 5.73 Å². The molecule has 110 valence electrons. The molecular formula is C17H26N2O. The van der Waals surface area contributed by atoms with E-state index in [2.05, 4.69) is 39.0 Å². The van der Waals surface area contributed by atoms with Gasteiger partial charge in [0.25, 0.3) is 0 Å². The first-order valence-electron chi connectivity index (χ1n) is 7.25. The molecule has 1 aliphatic heterocycles. The van der Waals surface area contributed by atoms with Gasteiger partial charge in [0.15, 0.2) is 0 Å². The van der Waals surface area contributed by atoms with Gasteiger partial charge in [-0.3, -0.25) is 4.79 Å². The van der Waals surface area contributed by atoms with Gasteiger partial charge in [0, 0.05) is 25.0 Å². The molecule has 2 rings (SSSR count). The summed E-state index contributed by atoms with van der Waals surface area (Å²) in [6, 6.07) is 6.59. The summed E-state index contributed by atoms with van der Waals surface area (Å²) in [6.07, 6.45) is 0.396. The molecule has 20 heavy (non-hydrogen) atoms. The Labute approximate surface area is 122 Å². The van der Waals surface area contributed by atoms with Crippen LogP contribution in [-0.4, -0.2) is 16.3 Å². The molecule has 1 amide bonds. The Morgan fingerprint density at radius 1 is 1.15 bits per heavy atom. The van der Waals surface area contributed by atoms with Gasteiger partial charge in [0.05, 0.1) is 0 Å². The van der Waals surface area contributed by atoms with Gasteiger partial charge in [-0.25, -0.2) is 0 Å². The molecule has 1 aromatic rings. The van der Waals surface area contributed by atoms with Crippen LogP contribution in [0.2, 0.25) is 0 Å². The molecule has 1 aliphatic rings. The molecule has 0 bridgehead atoms. The molecule has 2 N–H and O–H groups in total. The molecule has 1 aromatic carbocycles. The zero-order valence-corrected chi connectivity index (χ0v) is 13.3. The second-order valence-electron chi connectivity index (χ2n) is 7.65. The van der Waals surface area contributed by atoms with Crippen LogP contribution in [-0.2, 0) is 23.3 Å². The summed E-state index contributed by atoms with van der Waals surface area (Å²) >= 11 is 0. The largest absolute Gasteiger partial charge is 0.334 e. The van der Waals surface area contributed by atoms with Crippen molar-refractivity contribution >= 4 is 5.91 Å². The minimum absolute atomic E-state index is 0.144. The van der Waals surface area contributed by atoms with Crippen molar-refractivity contribution in [1.29, 1.82) is 0 Å². The van der Waals surface area contributed by atoms with Crippen molar-refractivity contribution in [3.8, 4) is 0 Å². The number of hydrogen-bond acceptors (Lipinski definition) is 2. The van der Waals surface area contributed by atoms with Gasteiger partial charge in [-0.2, -0.15) is 0 Å². The number of amides is 1. The molecule has 0 unspecified atom stereocenters. The van der Waals surface area contributed by atoms with E-state index in [1.165, 1.54) is 16.7 Å². The van der Waals surface area contributed by atoms with Crippen LogP contribution in [0.15, 0.2) is 18.2 Å². The zero-order valence-electron chi connectivity index (χ0n) is 13.3. The van der Waals surface area contributed by atoms with Crippen LogP contribution >= 0.6 is 0 Å². The Balaban J connectivity index is 2.14. The lowest BCUT2D eigenvalue weighted by molar-refractivity contribution is -0.132. The number of carbonyl (C=O) groups excluding carboxylic acids is 1. The van der Waals surface area contributed by atoms with Gasteiger partial charge in [0.2, 0.25) is 5.91 Å². The highest BCUT2D eigenvalue weighted by Crippen LogP contribution is 2.30. The number of nitrogens with two attached hydrogens (primary N) is 1. The second-order valence-corrected chi connectivity index (χ2v) is 7.65. The monoisotopic (exact) mass is 274 g/mol. The summed E-state index contributed by atoms with van der Waals surface area (Å²) in [5.74, 6) is 0.144. The fraction of sp³-hybridized carbons (Fsp3) is 0.588. The molecule has 0 aromatic heterocycles. The first-order valence-corrected chi connectivity index (χ1v) is 7.25. The Hall–Kier alpha value is -1.35. The average molecular weight is 274 g/mol. The minimum Gasteiger partial charge on any atom is -0.334 e. The third-order valence-corrected chi connectivity index (χ3v) is 3.75. The number of nitrogens with zero attached hydrogens (tertiary/aromatic N) is 1. The number of carbonyl (C=O) groups is 1. The summed E-state index contributed by atoms with van der Waals surface area (Å²) in [5, 5.41) is 0. The van der Waals surface area contributed by atoms with E-state index in [-0.39, 0.29) is 11.3 Å². The van der Waals surface area contributed by atoms with Crippen LogP contribution in [0.1, 0.15) is 57.7 Å². The number of rotatable bonds is 2. The highest BCUT2D eigenvalue weighted by Gasteiger charge is 2.27. The van der Waals surface area contributed by atoms with E-state index in [0.29, 0.717) is 19.5 Å². The standard InChI is InChI=1S/C17H26N2O/c1-16(2,3)14-7-6-12-10-19(11-13(12)8-14)15(20)9-17(4,5)18/h6-8H,9-11,18H2,1-5H3. The van der Waals surface area contributed by atoms with Crippen LogP contribution in [0.25, 0.3) is 0 Å². The van der Waals surface area contributed by atoms with Crippen molar-refractivity contribution in [2.45, 2.75) is 65.1 Å². The molecule has 3 heteroatoms.